The van der Waals surface area contributed by atoms with Crippen molar-refractivity contribution in [2.24, 2.45) is 0 Å². The molecule has 0 saturated carbocycles. The predicted molar refractivity (Wildman–Crippen MR) is 97.5 cm³/mol. The number of nitrogens with zero attached hydrogens (tertiary/aromatic N) is 1. The molecule has 1 aromatic rings. The Balaban J connectivity index is 2.21. The average Bonchev–Trinajstić information content (AvgIpc) is 2.99. The Morgan fingerprint density at radius 1 is 1.30 bits per heavy atom. The minimum atomic E-state index is -0.191. The highest BCUT2D eigenvalue weighted by atomic mass is 79.9. The maximum Gasteiger partial charge on any atom is 0.258 e. The Morgan fingerprint density at radius 3 is 2.43 bits per heavy atom. The first-order valence-corrected chi connectivity index (χ1v) is 9.24. The highest BCUT2D eigenvalue weighted by Crippen LogP contribution is 2.41. The fourth-order valence-electron chi connectivity index (χ4n) is 3.03. The van der Waals surface area contributed by atoms with Gasteiger partial charge in [-0.1, -0.05) is 6.92 Å². The van der Waals surface area contributed by atoms with Crippen LogP contribution in [0.25, 0.3) is 0 Å². The average molecular weight is 450 g/mol. The number of carbonyl (C=O) groups excluding carboxylic acids is 1. The van der Waals surface area contributed by atoms with Crippen molar-refractivity contribution >= 4 is 37.8 Å². The van der Waals surface area contributed by atoms with Crippen LogP contribution in [0, 0.1) is 0 Å². The van der Waals surface area contributed by atoms with Gasteiger partial charge in [0.25, 0.3) is 5.91 Å². The number of benzene rings is 1. The van der Waals surface area contributed by atoms with Crippen molar-refractivity contribution in [3.05, 3.63) is 20.6 Å². The van der Waals surface area contributed by atoms with Gasteiger partial charge in [-0.25, -0.2) is 0 Å². The molecule has 0 spiro atoms. The lowest BCUT2D eigenvalue weighted by atomic mass is 10.1. The summed E-state index contributed by atoms with van der Waals surface area (Å²) in [7, 11) is 3.08. The molecule has 5 nitrogen and oxygen atoms in total. The maximum absolute atomic E-state index is 12.7. The van der Waals surface area contributed by atoms with E-state index in [9.17, 15) is 4.79 Å². The van der Waals surface area contributed by atoms with Crippen molar-refractivity contribution in [2.45, 2.75) is 25.8 Å². The van der Waals surface area contributed by atoms with E-state index in [-0.39, 0.29) is 5.91 Å². The van der Waals surface area contributed by atoms with Crippen LogP contribution in [-0.4, -0.2) is 50.7 Å². The molecule has 0 aliphatic carbocycles. The predicted octanol–water partition coefficient (Wildman–Crippen LogP) is 3.44. The zero-order chi connectivity index (χ0) is 17.0. The van der Waals surface area contributed by atoms with Crippen molar-refractivity contribution in [1.29, 1.82) is 0 Å². The van der Waals surface area contributed by atoms with Gasteiger partial charge in [-0.05, 0) is 63.9 Å². The summed E-state index contributed by atoms with van der Waals surface area (Å²) in [4.78, 5) is 15.1. The molecule has 1 aliphatic rings. The van der Waals surface area contributed by atoms with E-state index in [1.807, 2.05) is 6.07 Å². The summed E-state index contributed by atoms with van der Waals surface area (Å²) in [5.74, 6) is 0.756. The third kappa shape index (κ3) is 4.00. The van der Waals surface area contributed by atoms with Gasteiger partial charge in [-0.2, -0.15) is 0 Å². The number of ether oxygens (including phenoxy) is 2. The van der Waals surface area contributed by atoms with Gasteiger partial charge in [0.15, 0.2) is 0 Å². The van der Waals surface area contributed by atoms with Crippen LogP contribution in [0.3, 0.4) is 0 Å². The monoisotopic (exact) mass is 448 g/mol. The number of hydrogen-bond donors (Lipinski definition) is 1. The normalized spacial score (nSPS) is 18.0. The number of halogens is 2. The molecule has 1 amide bonds. The highest BCUT2D eigenvalue weighted by Gasteiger charge is 2.27. The Morgan fingerprint density at radius 2 is 1.91 bits per heavy atom. The van der Waals surface area contributed by atoms with Crippen LogP contribution in [0.2, 0.25) is 0 Å². The third-order valence-electron chi connectivity index (χ3n) is 4.18. The van der Waals surface area contributed by atoms with Crippen LogP contribution in [0.5, 0.6) is 11.5 Å². The number of methoxy groups -OCH3 is 2. The van der Waals surface area contributed by atoms with Crippen molar-refractivity contribution in [3.63, 3.8) is 0 Å². The number of carbonyl (C=O) groups is 1. The summed E-state index contributed by atoms with van der Waals surface area (Å²) in [6.45, 7) is 4.89. The minimum absolute atomic E-state index is 0.191. The molecule has 1 heterocycles. The van der Waals surface area contributed by atoms with Gasteiger partial charge in [-0.3, -0.25) is 9.69 Å². The third-order valence-corrected chi connectivity index (χ3v) is 5.36. The lowest BCUT2D eigenvalue weighted by molar-refractivity contribution is 0.0935. The quantitative estimate of drug-likeness (QED) is 0.722. The topological polar surface area (TPSA) is 50.8 Å². The molecule has 128 valence electrons. The standard InChI is InChI=1S/C16H22Br2N2O3/c1-4-20-7-5-6-10(20)9-19-16(21)13-14(22-2)11(17)8-12(18)15(13)23-3/h8,10H,4-7,9H2,1-3H3,(H,19,21)/t10-/m0/s1. The van der Waals surface area contributed by atoms with Gasteiger partial charge in [-0.15, -0.1) is 0 Å². The van der Waals surface area contributed by atoms with Gasteiger partial charge < -0.3 is 14.8 Å². The van der Waals surface area contributed by atoms with Gasteiger partial charge in [0.1, 0.15) is 17.1 Å². The minimum Gasteiger partial charge on any atom is -0.495 e. The molecule has 2 rings (SSSR count). The first-order valence-electron chi connectivity index (χ1n) is 7.65. The van der Waals surface area contributed by atoms with Gasteiger partial charge in [0.2, 0.25) is 0 Å². The second-order valence-corrected chi connectivity index (χ2v) is 7.13. The van der Waals surface area contributed by atoms with Crippen molar-refractivity contribution in [1.82, 2.24) is 10.2 Å². The molecule has 23 heavy (non-hydrogen) atoms. The van der Waals surface area contributed by atoms with E-state index in [1.54, 1.807) is 14.2 Å². The molecule has 1 aromatic carbocycles. The van der Waals surface area contributed by atoms with Crippen LogP contribution >= 0.6 is 31.9 Å². The molecule has 0 unspecified atom stereocenters. The summed E-state index contributed by atoms with van der Waals surface area (Å²) in [6, 6.07) is 2.21. The fourth-order valence-corrected chi connectivity index (χ4v) is 4.52. The number of rotatable bonds is 6. The number of likely N-dealkylation sites (tertiary alicyclic amines) is 1. The second-order valence-electron chi connectivity index (χ2n) is 5.42. The van der Waals surface area contributed by atoms with Gasteiger partial charge in [0.05, 0.1) is 23.2 Å². The van der Waals surface area contributed by atoms with Crippen LogP contribution in [0.4, 0.5) is 0 Å². The first-order chi connectivity index (χ1) is 11.0. The smallest absolute Gasteiger partial charge is 0.258 e. The van der Waals surface area contributed by atoms with Crippen molar-refractivity contribution in [3.8, 4) is 11.5 Å². The lowest BCUT2D eigenvalue weighted by Gasteiger charge is -2.23. The number of nitrogens with one attached hydrogen (secondary N) is 1. The van der Waals surface area contributed by atoms with Crippen LogP contribution in [0.1, 0.15) is 30.1 Å². The summed E-state index contributed by atoms with van der Waals surface area (Å²) in [5.41, 5.74) is 0.400. The zero-order valence-electron chi connectivity index (χ0n) is 13.6. The Kier molecular flexibility index (Phi) is 6.73. The Bertz CT molecular complexity index is 553. The van der Waals surface area contributed by atoms with E-state index in [2.05, 4.69) is 49.0 Å². The largest absolute Gasteiger partial charge is 0.495 e. The molecule has 1 N–H and O–H groups in total. The fraction of sp³-hybridized carbons (Fsp3) is 0.562. The second kappa shape index (κ2) is 8.35. The summed E-state index contributed by atoms with van der Waals surface area (Å²) in [6.07, 6.45) is 2.30. The number of amides is 1. The molecule has 0 aromatic heterocycles. The highest BCUT2D eigenvalue weighted by molar-refractivity contribution is 9.11. The molecule has 1 saturated heterocycles. The lowest BCUT2D eigenvalue weighted by Crippen LogP contribution is -2.40. The van der Waals surface area contributed by atoms with E-state index in [1.165, 1.54) is 6.42 Å². The van der Waals surface area contributed by atoms with Crippen molar-refractivity contribution < 1.29 is 14.3 Å². The molecule has 1 fully saturated rings. The Hall–Kier alpha value is -0.790. The van der Waals surface area contributed by atoms with Crippen LogP contribution < -0.4 is 14.8 Å². The van der Waals surface area contributed by atoms with Crippen molar-refractivity contribution in [2.75, 3.05) is 33.9 Å². The summed E-state index contributed by atoms with van der Waals surface area (Å²) < 4.78 is 12.2. The van der Waals surface area contributed by atoms with E-state index in [4.69, 9.17) is 9.47 Å². The van der Waals surface area contributed by atoms with Gasteiger partial charge in [0, 0.05) is 12.6 Å². The van der Waals surface area contributed by atoms with E-state index in [0.717, 1.165) is 19.5 Å². The molecular formula is C16H22Br2N2O3. The number of likely N-dealkylation sites (N-methyl/N-ethyl adjacent to an activating group) is 1. The molecule has 1 aliphatic heterocycles. The first kappa shape index (κ1) is 18.5. The van der Waals surface area contributed by atoms with E-state index in [0.29, 0.717) is 38.6 Å². The SMILES string of the molecule is CCN1CCC[C@H]1CNC(=O)c1c(OC)c(Br)cc(Br)c1OC. The molecule has 7 heteroatoms. The van der Waals surface area contributed by atoms with Crippen LogP contribution in [-0.2, 0) is 0 Å². The summed E-state index contributed by atoms with van der Waals surface area (Å²) >= 11 is 6.86. The zero-order valence-corrected chi connectivity index (χ0v) is 16.8. The number of hydrogen-bond acceptors (Lipinski definition) is 4. The van der Waals surface area contributed by atoms with E-state index < -0.39 is 0 Å². The molecule has 1 atom stereocenters. The van der Waals surface area contributed by atoms with E-state index >= 15 is 0 Å². The Labute approximate surface area is 154 Å². The molecule has 0 bridgehead atoms. The van der Waals surface area contributed by atoms with Gasteiger partial charge >= 0.3 is 0 Å². The van der Waals surface area contributed by atoms with Crippen LogP contribution in [0.15, 0.2) is 15.0 Å². The molecule has 0 radical (unpaired) electrons. The molecular weight excluding hydrogens is 428 g/mol. The maximum atomic E-state index is 12.7. The summed E-state index contributed by atoms with van der Waals surface area (Å²) in [5, 5.41) is 3.03.